The lowest BCUT2D eigenvalue weighted by molar-refractivity contribution is 0.230. The van der Waals surface area contributed by atoms with E-state index in [1.165, 1.54) is 5.56 Å². The maximum atomic E-state index is 5.79. The number of likely N-dealkylation sites (N-methyl/N-ethyl adjacent to an activating group) is 1. The van der Waals surface area contributed by atoms with Gasteiger partial charge in [0, 0.05) is 25.5 Å². The monoisotopic (exact) mass is 273 g/mol. The number of benzene rings is 1. The van der Waals surface area contributed by atoms with Gasteiger partial charge in [-0.05, 0) is 37.2 Å². The van der Waals surface area contributed by atoms with Gasteiger partial charge in [0.2, 0.25) is 0 Å². The van der Waals surface area contributed by atoms with Crippen molar-refractivity contribution in [3.8, 4) is 5.75 Å². The van der Waals surface area contributed by atoms with Crippen molar-refractivity contribution in [1.82, 2.24) is 14.7 Å². The van der Waals surface area contributed by atoms with Crippen LogP contribution >= 0.6 is 0 Å². The summed E-state index contributed by atoms with van der Waals surface area (Å²) >= 11 is 0. The standard InChI is InChI=1S/C16H23N3O/c1-3-15-6-4-7-16(14-15)20-13-12-18(2)10-11-19-9-5-8-17-19/h4-9,14H,3,10-13H2,1-2H3. The first kappa shape index (κ1) is 14.6. The molecule has 4 heteroatoms. The van der Waals surface area contributed by atoms with Gasteiger partial charge in [-0.2, -0.15) is 5.10 Å². The van der Waals surface area contributed by atoms with E-state index in [0.717, 1.165) is 31.8 Å². The molecule has 108 valence electrons. The van der Waals surface area contributed by atoms with E-state index in [1.54, 1.807) is 0 Å². The lowest BCUT2D eigenvalue weighted by Gasteiger charge is -2.17. The molecule has 1 aromatic heterocycles. The molecule has 0 aliphatic heterocycles. The third kappa shape index (κ3) is 4.70. The molecule has 0 N–H and O–H groups in total. The third-order valence-electron chi connectivity index (χ3n) is 3.32. The van der Waals surface area contributed by atoms with Crippen LogP contribution in [0.4, 0.5) is 0 Å². The summed E-state index contributed by atoms with van der Waals surface area (Å²) in [6, 6.07) is 10.3. The Morgan fingerprint density at radius 3 is 2.90 bits per heavy atom. The van der Waals surface area contributed by atoms with E-state index in [4.69, 9.17) is 4.74 Å². The minimum atomic E-state index is 0.711. The molecule has 0 aliphatic carbocycles. The van der Waals surface area contributed by atoms with E-state index in [1.807, 2.05) is 29.2 Å². The Morgan fingerprint density at radius 1 is 1.25 bits per heavy atom. The SMILES string of the molecule is CCc1cccc(OCCN(C)CCn2cccn2)c1. The van der Waals surface area contributed by atoms with Crippen molar-refractivity contribution in [2.24, 2.45) is 0 Å². The van der Waals surface area contributed by atoms with Gasteiger partial charge in [-0.3, -0.25) is 4.68 Å². The number of ether oxygens (including phenoxy) is 1. The van der Waals surface area contributed by atoms with E-state index >= 15 is 0 Å². The number of rotatable bonds is 8. The summed E-state index contributed by atoms with van der Waals surface area (Å²) in [5, 5.41) is 4.19. The molecule has 2 aromatic rings. The Morgan fingerprint density at radius 2 is 2.15 bits per heavy atom. The molecule has 0 spiro atoms. The van der Waals surface area contributed by atoms with Crippen LogP contribution in [-0.4, -0.2) is 41.4 Å². The summed E-state index contributed by atoms with van der Waals surface area (Å²) in [4.78, 5) is 2.26. The molecule has 1 aromatic carbocycles. The summed E-state index contributed by atoms with van der Waals surface area (Å²) < 4.78 is 7.74. The summed E-state index contributed by atoms with van der Waals surface area (Å²) in [7, 11) is 2.11. The van der Waals surface area contributed by atoms with Crippen LogP contribution < -0.4 is 4.74 Å². The molecule has 0 radical (unpaired) electrons. The van der Waals surface area contributed by atoms with Crippen LogP contribution in [0.1, 0.15) is 12.5 Å². The van der Waals surface area contributed by atoms with Crippen LogP contribution in [0.3, 0.4) is 0 Å². The topological polar surface area (TPSA) is 30.3 Å². The summed E-state index contributed by atoms with van der Waals surface area (Å²) in [5.41, 5.74) is 1.31. The second-order valence-corrected chi connectivity index (χ2v) is 4.92. The molecule has 0 atom stereocenters. The summed E-state index contributed by atoms with van der Waals surface area (Å²) in [6.45, 7) is 5.66. The van der Waals surface area contributed by atoms with Crippen molar-refractivity contribution in [3.63, 3.8) is 0 Å². The Labute approximate surface area is 121 Å². The predicted octanol–water partition coefficient (Wildman–Crippen LogP) is 2.46. The van der Waals surface area contributed by atoms with Crippen molar-refractivity contribution in [3.05, 3.63) is 48.3 Å². The van der Waals surface area contributed by atoms with E-state index in [2.05, 4.69) is 42.2 Å². The number of hydrogen-bond acceptors (Lipinski definition) is 3. The zero-order valence-corrected chi connectivity index (χ0v) is 12.3. The van der Waals surface area contributed by atoms with Crippen molar-refractivity contribution in [2.75, 3.05) is 26.7 Å². The molecular formula is C16H23N3O. The minimum Gasteiger partial charge on any atom is -0.492 e. The van der Waals surface area contributed by atoms with Crippen molar-refractivity contribution < 1.29 is 4.74 Å². The van der Waals surface area contributed by atoms with E-state index in [-0.39, 0.29) is 0 Å². The predicted molar refractivity (Wildman–Crippen MR) is 81.0 cm³/mol. The van der Waals surface area contributed by atoms with E-state index in [0.29, 0.717) is 6.61 Å². The molecule has 0 saturated heterocycles. The first-order chi connectivity index (χ1) is 9.78. The Balaban J connectivity index is 1.66. The van der Waals surface area contributed by atoms with Crippen LogP contribution in [0.25, 0.3) is 0 Å². The normalized spacial score (nSPS) is 10.9. The second-order valence-electron chi connectivity index (χ2n) is 4.92. The molecule has 0 saturated carbocycles. The molecule has 20 heavy (non-hydrogen) atoms. The first-order valence-corrected chi connectivity index (χ1v) is 7.15. The van der Waals surface area contributed by atoms with Gasteiger partial charge in [0.1, 0.15) is 12.4 Å². The van der Waals surface area contributed by atoms with Crippen molar-refractivity contribution in [2.45, 2.75) is 19.9 Å². The maximum Gasteiger partial charge on any atom is 0.119 e. The lowest BCUT2D eigenvalue weighted by atomic mass is 10.2. The largest absolute Gasteiger partial charge is 0.492 e. The van der Waals surface area contributed by atoms with Gasteiger partial charge in [-0.15, -0.1) is 0 Å². The van der Waals surface area contributed by atoms with Crippen LogP contribution in [0.15, 0.2) is 42.7 Å². The molecule has 0 aliphatic rings. The smallest absolute Gasteiger partial charge is 0.119 e. The number of hydrogen-bond donors (Lipinski definition) is 0. The molecule has 0 bridgehead atoms. The Kier molecular flexibility index (Phi) is 5.62. The fraction of sp³-hybridized carbons (Fsp3) is 0.438. The fourth-order valence-electron chi connectivity index (χ4n) is 1.99. The van der Waals surface area contributed by atoms with E-state index in [9.17, 15) is 0 Å². The second kappa shape index (κ2) is 7.70. The average Bonchev–Trinajstić information content (AvgIpc) is 2.99. The van der Waals surface area contributed by atoms with Gasteiger partial charge in [0.05, 0.1) is 6.54 Å². The highest BCUT2D eigenvalue weighted by Crippen LogP contribution is 2.13. The maximum absolute atomic E-state index is 5.79. The Bertz CT molecular complexity index is 496. The Hall–Kier alpha value is -1.81. The lowest BCUT2D eigenvalue weighted by Crippen LogP contribution is -2.28. The highest BCUT2D eigenvalue weighted by molar-refractivity contribution is 5.28. The average molecular weight is 273 g/mol. The first-order valence-electron chi connectivity index (χ1n) is 7.15. The minimum absolute atomic E-state index is 0.711. The van der Waals surface area contributed by atoms with Crippen LogP contribution in [0.2, 0.25) is 0 Å². The van der Waals surface area contributed by atoms with Crippen molar-refractivity contribution in [1.29, 1.82) is 0 Å². The molecular weight excluding hydrogens is 250 g/mol. The number of aryl methyl sites for hydroxylation is 1. The van der Waals surface area contributed by atoms with E-state index < -0.39 is 0 Å². The number of aromatic nitrogens is 2. The molecule has 4 nitrogen and oxygen atoms in total. The molecule has 0 unspecified atom stereocenters. The molecule has 2 rings (SSSR count). The van der Waals surface area contributed by atoms with Gasteiger partial charge in [-0.25, -0.2) is 0 Å². The van der Waals surface area contributed by atoms with Gasteiger partial charge in [-0.1, -0.05) is 19.1 Å². The summed E-state index contributed by atoms with van der Waals surface area (Å²) in [5.74, 6) is 0.963. The van der Waals surface area contributed by atoms with Crippen LogP contribution in [-0.2, 0) is 13.0 Å². The van der Waals surface area contributed by atoms with Crippen molar-refractivity contribution >= 4 is 0 Å². The molecule has 0 amide bonds. The highest BCUT2D eigenvalue weighted by Gasteiger charge is 2.00. The summed E-state index contributed by atoms with van der Waals surface area (Å²) in [6.07, 6.45) is 4.84. The van der Waals surface area contributed by atoms with Gasteiger partial charge < -0.3 is 9.64 Å². The third-order valence-corrected chi connectivity index (χ3v) is 3.32. The van der Waals surface area contributed by atoms with Gasteiger partial charge in [0.15, 0.2) is 0 Å². The van der Waals surface area contributed by atoms with Crippen LogP contribution in [0.5, 0.6) is 5.75 Å². The zero-order chi connectivity index (χ0) is 14.2. The van der Waals surface area contributed by atoms with Gasteiger partial charge >= 0.3 is 0 Å². The number of nitrogens with zero attached hydrogens (tertiary/aromatic N) is 3. The van der Waals surface area contributed by atoms with Gasteiger partial charge in [0.25, 0.3) is 0 Å². The molecule has 0 fully saturated rings. The molecule has 1 heterocycles. The van der Waals surface area contributed by atoms with Crippen LogP contribution in [0, 0.1) is 0 Å². The highest BCUT2D eigenvalue weighted by atomic mass is 16.5. The fourth-order valence-corrected chi connectivity index (χ4v) is 1.99. The quantitative estimate of drug-likeness (QED) is 0.740. The zero-order valence-electron chi connectivity index (χ0n) is 12.3.